The Kier molecular flexibility index (Phi) is 6.93. The molecule has 1 heterocycles. The van der Waals surface area contributed by atoms with E-state index in [9.17, 15) is 24.5 Å². The Labute approximate surface area is 172 Å². The fourth-order valence-corrected chi connectivity index (χ4v) is 3.05. The van der Waals surface area contributed by atoms with E-state index in [1.807, 2.05) is 0 Å². The van der Waals surface area contributed by atoms with Crippen LogP contribution in [0.2, 0.25) is 0 Å². The first-order valence-electron chi connectivity index (χ1n) is 9.10. The molecule has 10 nitrogen and oxygen atoms in total. The summed E-state index contributed by atoms with van der Waals surface area (Å²) in [5.41, 5.74) is 1.10. The molecule has 0 saturated heterocycles. The fourth-order valence-electron chi connectivity index (χ4n) is 3.05. The standard InChI is InChI=1S/C20H23N3O7/c1-6-29-20(26)18-12(3)21-11(2)17(18)16(24)10-30-19(25)13-7-8-14(22(4)5)15(9-13)23(27)28/h7-9,21H,6,10H2,1-5H3. The van der Waals surface area contributed by atoms with Gasteiger partial charge in [0.2, 0.25) is 5.78 Å². The highest BCUT2D eigenvalue weighted by Gasteiger charge is 2.26. The number of benzene rings is 1. The van der Waals surface area contributed by atoms with Crippen LogP contribution in [0.25, 0.3) is 0 Å². The van der Waals surface area contributed by atoms with Crippen molar-refractivity contribution in [3.63, 3.8) is 0 Å². The van der Waals surface area contributed by atoms with Crippen LogP contribution in [0.4, 0.5) is 11.4 Å². The number of ether oxygens (including phenoxy) is 2. The third-order valence-corrected chi connectivity index (χ3v) is 4.36. The molecule has 2 rings (SSSR count). The maximum atomic E-state index is 12.6. The Morgan fingerprint density at radius 3 is 2.27 bits per heavy atom. The van der Waals surface area contributed by atoms with Gasteiger partial charge in [-0.05, 0) is 32.9 Å². The minimum atomic E-state index is -0.889. The number of ketones is 1. The SMILES string of the molecule is CCOC(=O)c1c(C)[nH]c(C)c1C(=O)COC(=O)c1ccc(N(C)C)c([N+](=O)[O-])c1. The molecule has 0 aliphatic rings. The number of Topliss-reactive ketones (excluding diaryl/α,β-unsaturated/α-hetero) is 1. The van der Waals surface area contributed by atoms with Gasteiger partial charge in [0, 0.05) is 31.5 Å². The van der Waals surface area contributed by atoms with E-state index in [2.05, 4.69) is 4.98 Å². The monoisotopic (exact) mass is 417 g/mol. The van der Waals surface area contributed by atoms with E-state index in [0.717, 1.165) is 6.07 Å². The number of esters is 2. The van der Waals surface area contributed by atoms with E-state index in [-0.39, 0.29) is 29.0 Å². The third-order valence-electron chi connectivity index (χ3n) is 4.36. The predicted octanol–water partition coefficient (Wildman–Crippen LogP) is 2.82. The van der Waals surface area contributed by atoms with Crippen LogP contribution >= 0.6 is 0 Å². The summed E-state index contributed by atoms with van der Waals surface area (Å²) in [5, 5.41) is 11.3. The fraction of sp³-hybridized carbons (Fsp3) is 0.350. The number of anilines is 1. The molecule has 160 valence electrons. The highest BCUT2D eigenvalue weighted by atomic mass is 16.6. The van der Waals surface area contributed by atoms with Crippen LogP contribution in [0.5, 0.6) is 0 Å². The van der Waals surface area contributed by atoms with Crippen molar-refractivity contribution in [1.82, 2.24) is 4.98 Å². The zero-order valence-corrected chi connectivity index (χ0v) is 17.4. The molecule has 10 heteroatoms. The molecule has 0 spiro atoms. The number of rotatable bonds is 8. The molecular formula is C20H23N3O7. The first kappa shape index (κ1) is 22.6. The molecule has 0 amide bonds. The van der Waals surface area contributed by atoms with Crippen molar-refractivity contribution in [1.29, 1.82) is 0 Å². The lowest BCUT2D eigenvalue weighted by Gasteiger charge is -2.13. The Balaban J connectivity index is 2.22. The minimum absolute atomic E-state index is 0.0623. The molecule has 0 atom stereocenters. The second kappa shape index (κ2) is 9.21. The average molecular weight is 417 g/mol. The zero-order valence-electron chi connectivity index (χ0n) is 17.4. The summed E-state index contributed by atoms with van der Waals surface area (Å²) in [6.45, 7) is 4.41. The van der Waals surface area contributed by atoms with Crippen molar-refractivity contribution in [3.8, 4) is 0 Å². The minimum Gasteiger partial charge on any atom is -0.462 e. The summed E-state index contributed by atoms with van der Waals surface area (Å²) in [6, 6.07) is 3.90. The van der Waals surface area contributed by atoms with E-state index >= 15 is 0 Å². The predicted molar refractivity (Wildman–Crippen MR) is 108 cm³/mol. The third kappa shape index (κ3) is 4.65. The largest absolute Gasteiger partial charge is 0.462 e. The Morgan fingerprint density at radius 2 is 1.70 bits per heavy atom. The average Bonchev–Trinajstić information content (AvgIpc) is 2.99. The second-order valence-corrected chi connectivity index (χ2v) is 6.70. The van der Waals surface area contributed by atoms with Gasteiger partial charge in [-0.3, -0.25) is 14.9 Å². The lowest BCUT2D eigenvalue weighted by atomic mass is 10.1. The number of nitrogens with one attached hydrogen (secondary N) is 1. The Morgan fingerprint density at radius 1 is 1.07 bits per heavy atom. The first-order valence-corrected chi connectivity index (χ1v) is 9.10. The van der Waals surface area contributed by atoms with E-state index in [4.69, 9.17) is 9.47 Å². The molecule has 0 saturated carbocycles. The van der Waals surface area contributed by atoms with Crippen LogP contribution in [0.15, 0.2) is 18.2 Å². The molecule has 0 aliphatic carbocycles. The van der Waals surface area contributed by atoms with Gasteiger partial charge in [0.15, 0.2) is 6.61 Å². The number of nitro groups is 1. The molecule has 0 bridgehead atoms. The van der Waals surface area contributed by atoms with E-state index in [0.29, 0.717) is 17.1 Å². The van der Waals surface area contributed by atoms with E-state index in [1.165, 1.54) is 12.1 Å². The highest BCUT2D eigenvalue weighted by molar-refractivity contribution is 6.09. The van der Waals surface area contributed by atoms with Crippen molar-refractivity contribution in [2.24, 2.45) is 0 Å². The van der Waals surface area contributed by atoms with Gasteiger partial charge >= 0.3 is 11.9 Å². The summed E-state index contributed by atoms with van der Waals surface area (Å²) in [7, 11) is 3.28. The molecular weight excluding hydrogens is 394 g/mol. The van der Waals surface area contributed by atoms with Gasteiger partial charge in [0.25, 0.3) is 5.69 Å². The van der Waals surface area contributed by atoms with Crippen LogP contribution in [-0.4, -0.2) is 54.9 Å². The maximum Gasteiger partial charge on any atom is 0.340 e. The van der Waals surface area contributed by atoms with Crippen LogP contribution in [0, 0.1) is 24.0 Å². The lowest BCUT2D eigenvalue weighted by molar-refractivity contribution is -0.384. The molecule has 0 fully saturated rings. The van der Waals surface area contributed by atoms with Crippen molar-refractivity contribution in [2.45, 2.75) is 20.8 Å². The number of hydrogen-bond acceptors (Lipinski definition) is 8. The first-order chi connectivity index (χ1) is 14.1. The van der Waals surface area contributed by atoms with Crippen molar-refractivity contribution >= 4 is 29.1 Å². The van der Waals surface area contributed by atoms with Crippen molar-refractivity contribution in [3.05, 3.63) is 56.4 Å². The van der Waals surface area contributed by atoms with Gasteiger partial charge in [-0.2, -0.15) is 0 Å². The summed E-state index contributed by atoms with van der Waals surface area (Å²) in [6.07, 6.45) is 0. The summed E-state index contributed by atoms with van der Waals surface area (Å²) in [5.74, 6) is -2.13. The number of carbonyl (C=O) groups is 3. The topological polar surface area (TPSA) is 132 Å². The molecule has 0 unspecified atom stereocenters. The van der Waals surface area contributed by atoms with Crippen molar-refractivity contribution in [2.75, 3.05) is 32.2 Å². The highest BCUT2D eigenvalue weighted by Crippen LogP contribution is 2.28. The molecule has 0 aliphatic heterocycles. The quantitative estimate of drug-likeness (QED) is 0.300. The summed E-state index contributed by atoms with van der Waals surface area (Å²) in [4.78, 5) is 52.3. The van der Waals surface area contributed by atoms with Crippen LogP contribution < -0.4 is 4.90 Å². The summed E-state index contributed by atoms with van der Waals surface area (Å²) >= 11 is 0. The van der Waals surface area contributed by atoms with Crippen LogP contribution in [0.1, 0.15) is 49.4 Å². The number of aromatic amines is 1. The van der Waals surface area contributed by atoms with Gasteiger partial charge in [-0.25, -0.2) is 9.59 Å². The number of hydrogen-bond donors (Lipinski definition) is 1. The molecule has 30 heavy (non-hydrogen) atoms. The van der Waals surface area contributed by atoms with E-state index in [1.54, 1.807) is 39.8 Å². The van der Waals surface area contributed by atoms with Gasteiger partial charge < -0.3 is 19.4 Å². The maximum absolute atomic E-state index is 12.6. The molecule has 0 radical (unpaired) electrons. The van der Waals surface area contributed by atoms with Gasteiger partial charge in [0.1, 0.15) is 5.69 Å². The lowest BCUT2D eigenvalue weighted by Crippen LogP contribution is -2.18. The molecule has 1 aromatic heterocycles. The number of nitro benzene ring substituents is 1. The van der Waals surface area contributed by atoms with Crippen molar-refractivity contribution < 1.29 is 28.8 Å². The van der Waals surface area contributed by atoms with Gasteiger partial charge in [-0.15, -0.1) is 0 Å². The Bertz CT molecular complexity index is 1010. The van der Waals surface area contributed by atoms with Crippen LogP contribution in [-0.2, 0) is 9.47 Å². The smallest absolute Gasteiger partial charge is 0.340 e. The number of nitrogens with zero attached hydrogens (tertiary/aromatic N) is 2. The number of carbonyl (C=O) groups excluding carboxylic acids is 3. The molecule has 1 N–H and O–H groups in total. The van der Waals surface area contributed by atoms with E-state index < -0.39 is 29.3 Å². The number of H-pyrrole nitrogens is 1. The molecule has 2 aromatic rings. The Hall–Kier alpha value is -3.69. The van der Waals surface area contributed by atoms with Gasteiger partial charge in [0.05, 0.1) is 28.2 Å². The van der Waals surface area contributed by atoms with Gasteiger partial charge in [-0.1, -0.05) is 0 Å². The summed E-state index contributed by atoms with van der Waals surface area (Å²) < 4.78 is 10.0. The second-order valence-electron chi connectivity index (χ2n) is 6.70. The number of aryl methyl sites for hydroxylation is 2. The number of aromatic nitrogens is 1. The molecule has 1 aromatic carbocycles. The van der Waals surface area contributed by atoms with Crippen LogP contribution in [0.3, 0.4) is 0 Å². The normalized spacial score (nSPS) is 10.4. The zero-order chi connectivity index (χ0) is 22.6.